The van der Waals surface area contributed by atoms with Crippen molar-refractivity contribution in [3.8, 4) is 16.9 Å². The van der Waals surface area contributed by atoms with E-state index in [1.165, 1.54) is 0 Å². The molecule has 0 aliphatic heterocycles. The van der Waals surface area contributed by atoms with Gasteiger partial charge in [-0.1, -0.05) is 24.3 Å². The van der Waals surface area contributed by atoms with Crippen LogP contribution in [0.4, 0.5) is 11.4 Å². The monoisotopic (exact) mass is 313 g/mol. The summed E-state index contributed by atoms with van der Waals surface area (Å²) in [7, 11) is 0. The number of aromatic hydroxyl groups is 1. The van der Waals surface area contributed by atoms with Crippen LogP contribution in [-0.2, 0) is 0 Å². The van der Waals surface area contributed by atoms with Crippen LogP contribution in [0.25, 0.3) is 22.0 Å². The van der Waals surface area contributed by atoms with Crippen LogP contribution in [0, 0.1) is 0 Å². The second kappa shape index (κ2) is 6.01. The van der Waals surface area contributed by atoms with Crippen molar-refractivity contribution in [3.05, 3.63) is 79.3 Å². The lowest BCUT2D eigenvalue weighted by Gasteiger charge is -2.11. The topological polar surface area (TPSA) is 58.0 Å². The van der Waals surface area contributed by atoms with Gasteiger partial charge in [-0.05, 0) is 35.9 Å². The number of phenols is 1. The quantitative estimate of drug-likeness (QED) is 0.573. The van der Waals surface area contributed by atoms with E-state index in [-0.39, 0.29) is 5.75 Å². The highest BCUT2D eigenvalue weighted by Crippen LogP contribution is 2.32. The fourth-order valence-corrected chi connectivity index (χ4v) is 2.78. The zero-order valence-electron chi connectivity index (χ0n) is 12.8. The molecule has 4 heteroatoms. The summed E-state index contributed by atoms with van der Waals surface area (Å²) in [4.78, 5) is 8.58. The number of para-hydroxylation sites is 1. The summed E-state index contributed by atoms with van der Waals surface area (Å²) < 4.78 is 0. The standard InChI is InChI=1S/C20H15N3O/c24-18-11-15(10-17(12-18)23-16-6-3-8-21-13-16)19-7-1-4-14-5-2-9-22-20(14)19/h1-13,23-24H. The smallest absolute Gasteiger partial charge is 0.118 e. The van der Waals surface area contributed by atoms with Gasteiger partial charge in [0.2, 0.25) is 0 Å². The second-order valence-corrected chi connectivity index (χ2v) is 5.52. The maximum Gasteiger partial charge on any atom is 0.118 e. The number of fused-ring (bicyclic) bond motifs is 1. The first kappa shape index (κ1) is 14.2. The Morgan fingerprint density at radius 3 is 2.58 bits per heavy atom. The average molecular weight is 313 g/mol. The highest BCUT2D eigenvalue weighted by molar-refractivity contribution is 5.94. The molecule has 2 heterocycles. The van der Waals surface area contributed by atoms with Gasteiger partial charge < -0.3 is 10.4 Å². The van der Waals surface area contributed by atoms with Crippen LogP contribution >= 0.6 is 0 Å². The van der Waals surface area contributed by atoms with Crippen molar-refractivity contribution in [3.63, 3.8) is 0 Å². The van der Waals surface area contributed by atoms with Gasteiger partial charge in [0.15, 0.2) is 0 Å². The van der Waals surface area contributed by atoms with Gasteiger partial charge in [0.1, 0.15) is 5.75 Å². The van der Waals surface area contributed by atoms with Crippen LogP contribution in [0.2, 0.25) is 0 Å². The van der Waals surface area contributed by atoms with E-state index in [9.17, 15) is 5.11 Å². The van der Waals surface area contributed by atoms with Crippen LogP contribution in [0.5, 0.6) is 5.75 Å². The second-order valence-electron chi connectivity index (χ2n) is 5.52. The summed E-state index contributed by atoms with van der Waals surface area (Å²) in [5.74, 6) is 0.201. The van der Waals surface area contributed by atoms with Crippen LogP contribution in [0.1, 0.15) is 0 Å². The van der Waals surface area contributed by atoms with E-state index in [0.29, 0.717) is 0 Å². The largest absolute Gasteiger partial charge is 0.508 e. The summed E-state index contributed by atoms with van der Waals surface area (Å²) in [5.41, 5.74) is 4.47. The Hall–Kier alpha value is -3.40. The van der Waals surface area contributed by atoms with Crippen molar-refractivity contribution in [2.45, 2.75) is 0 Å². The van der Waals surface area contributed by atoms with E-state index < -0.39 is 0 Å². The maximum atomic E-state index is 10.1. The van der Waals surface area contributed by atoms with Gasteiger partial charge in [-0.2, -0.15) is 0 Å². The molecule has 24 heavy (non-hydrogen) atoms. The SMILES string of the molecule is Oc1cc(Nc2cccnc2)cc(-c2cccc3cccnc23)c1. The molecule has 2 aromatic carbocycles. The van der Waals surface area contributed by atoms with E-state index in [2.05, 4.69) is 15.3 Å². The van der Waals surface area contributed by atoms with E-state index >= 15 is 0 Å². The van der Waals surface area contributed by atoms with Gasteiger partial charge in [-0.3, -0.25) is 9.97 Å². The Kier molecular flexibility index (Phi) is 3.56. The van der Waals surface area contributed by atoms with Gasteiger partial charge in [0.05, 0.1) is 17.4 Å². The molecule has 0 bridgehead atoms. The van der Waals surface area contributed by atoms with Crippen molar-refractivity contribution in [1.29, 1.82) is 0 Å². The molecule has 2 aromatic heterocycles. The fourth-order valence-electron chi connectivity index (χ4n) is 2.78. The minimum atomic E-state index is 0.201. The Morgan fingerprint density at radius 2 is 1.71 bits per heavy atom. The lowest BCUT2D eigenvalue weighted by Crippen LogP contribution is -1.92. The minimum Gasteiger partial charge on any atom is -0.508 e. The van der Waals surface area contributed by atoms with E-state index in [1.54, 1.807) is 30.7 Å². The lowest BCUT2D eigenvalue weighted by molar-refractivity contribution is 0.476. The molecule has 0 fully saturated rings. The summed E-state index contributed by atoms with van der Waals surface area (Å²) >= 11 is 0. The van der Waals surface area contributed by atoms with Crippen LogP contribution < -0.4 is 5.32 Å². The summed E-state index contributed by atoms with van der Waals surface area (Å²) in [6.45, 7) is 0. The Labute approximate surface area is 139 Å². The number of rotatable bonds is 3. The third kappa shape index (κ3) is 2.77. The van der Waals surface area contributed by atoms with Crippen molar-refractivity contribution >= 4 is 22.3 Å². The maximum absolute atomic E-state index is 10.1. The van der Waals surface area contributed by atoms with Crippen LogP contribution in [-0.4, -0.2) is 15.1 Å². The highest BCUT2D eigenvalue weighted by Gasteiger charge is 2.08. The van der Waals surface area contributed by atoms with E-state index in [1.807, 2.05) is 48.5 Å². The van der Waals surface area contributed by atoms with Gasteiger partial charge in [-0.15, -0.1) is 0 Å². The molecule has 4 aromatic rings. The molecule has 0 aliphatic rings. The minimum absolute atomic E-state index is 0.201. The first-order valence-electron chi connectivity index (χ1n) is 7.65. The third-order valence-electron chi connectivity index (χ3n) is 3.81. The molecule has 4 nitrogen and oxygen atoms in total. The predicted molar refractivity (Wildman–Crippen MR) is 96.4 cm³/mol. The molecule has 0 atom stereocenters. The molecule has 0 aliphatic carbocycles. The van der Waals surface area contributed by atoms with Crippen molar-refractivity contribution in [2.24, 2.45) is 0 Å². The van der Waals surface area contributed by atoms with E-state index in [0.717, 1.165) is 33.4 Å². The molecule has 0 unspecified atom stereocenters. The molecule has 2 N–H and O–H groups in total. The number of anilines is 2. The zero-order chi connectivity index (χ0) is 16.4. The average Bonchev–Trinajstić information content (AvgIpc) is 2.61. The fraction of sp³-hybridized carbons (Fsp3) is 0. The molecule has 0 radical (unpaired) electrons. The summed E-state index contributed by atoms with van der Waals surface area (Å²) in [6.07, 6.45) is 5.24. The molecule has 0 amide bonds. The summed E-state index contributed by atoms with van der Waals surface area (Å²) in [5, 5.41) is 14.5. The number of hydrogen-bond donors (Lipinski definition) is 2. The number of hydrogen-bond acceptors (Lipinski definition) is 4. The van der Waals surface area contributed by atoms with Crippen LogP contribution in [0.15, 0.2) is 79.3 Å². The van der Waals surface area contributed by atoms with Gasteiger partial charge in [0.25, 0.3) is 0 Å². The van der Waals surface area contributed by atoms with Gasteiger partial charge >= 0.3 is 0 Å². The molecule has 0 spiro atoms. The van der Waals surface area contributed by atoms with Gasteiger partial charge in [-0.25, -0.2) is 0 Å². The van der Waals surface area contributed by atoms with Crippen LogP contribution in [0.3, 0.4) is 0 Å². The molecule has 4 rings (SSSR count). The summed E-state index contributed by atoms with van der Waals surface area (Å²) in [6, 6.07) is 19.2. The van der Waals surface area contributed by atoms with Crippen molar-refractivity contribution < 1.29 is 5.11 Å². The number of phenolic OH excluding ortho intramolecular Hbond substituents is 1. The number of aromatic nitrogens is 2. The number of pyridine rings is 2. The van der Waals surface area contributed by atoms with Crippen molar-refractivity contribution in [1.82, 2.24) is 9.97 Å². The van der Waals surface area contributed by atoms with Crippen molar-refractivity contribution in [2.75, 3.05) is 5.32 Å². The first-order valence-corrected chi connectivity index (χ1v) is 7.65. The molecule has 0 saturated carbocycles. The zero-order valence-corrected chi connectivity index (χ0v) is 12.8. The number of benzene rings is 2. The van der Waals surface area contributed by atoms with E-state index in [4.69, 9.17) is 0 Å². The highest BCUT2D eigenvalue weighted by atomic mass is 16.3. The third-order valence-corrected chi connectivity index (χ3v) is 3.81. The Bertz CT molecular complexity index is 995. The normalized spacial score (nSPS) is 10.7. The molecule has 0 saturated heterocycles. The first-order chi connectivity index (χ1) is 11.8. The molecular formula is C20H15N3O. The predicted octanol–water partition coefficient (Wildman–Crippen LogP) is 4.75. The molecular weight excluding hydrogens is 298 g/mol. The Morgan fingerprint density at radius 1 is 0.833 bits per heavy atom. The molecule has 116 valence electrons. The number of nitrogens with one attached hydrogen (secondary N) is 1. The van der Waals surface area contributed by atoms with Gasteiger partial charge in [0, 0.05) is 35.1 Å². The lowest BCUT2D eigenvalue weighted by atomic mass is 10.0. The number of nitrogens with zero attached hydrogens (tertiary/aromatic N) is 2. The Balaban J connectivity index is 1.81.